The van der Waals surface area contributed by atoms with Crippen molar-refractivity contribution in [2.24, 2.45) is 0 Å². The molecule has 0 aromatic heterocycles. The lowest BCUT2D eigenvalue weighted by atomic mass is 9.86. The summed E-state index contributed by atoms with van der Waals surface area (Å²) in [5.74, 6) is 0. The van der Waals surface area contributed by atoms with Crippen LogP contribution in [0.2, 0.25) is 0 Å². The molecule has 0 radical (unpaired) electrons. The van der Waals surface area contributed by atoms with Crippen molar-refractivity contribution >= 4 is 6.08 Å². The highest BCUT2D eigenvalue weighted by molar-refractivity contribution is 5.54. The average Bonchev–Trinajstić information content (AvgIpc) is 3.01. The predicted molar refractivity (Wildman–Crippen MR) is 118 cm³/mol. The Bertz CT molecular complexity index is 780. The molecular weight excluding hydrogens is 326 g/mol. The first-order valence-electron chi connectivity index (χ1n) is 10.2. The van der Waals surface area contributed by atoms with Crippen molar-refractivity contribution in [3.63, 3.8) is 0 Å². The zero-order valence-corrected chi connectivity index (χ0v) is 18.0. The summed E-state index contributed by atoms with van der Waals surface area (Å²) in [5.41, 5.74) is 7.55. The van der Waals surface area contributed by atoms with Crippen molar-refractivity contribution in [2.45, 2.75) is 65.3 Å². The number of rotatable bonds is 3. The van der Waals surface area contributed by atoms with Crippen LogP contribution in [0.3, 0.4) is 0 Å². The van der Waals surface area contributed by atoms with Crippen LogP contribution in [0.15, 0.2) is 54.1 Å². The Labute approximate surface area is 166 Å². The first-order valence-corrected chi connectivity index (χ1v) is 10.2. The maximum absolute atomic E-state index is 2.56. The zero-order chi connectivity index (χ0) is 19.7. The van der Waals surface area contributed by atoms with Crippen molar-refractivity contribution in [3.8, 4) is 0 Å². The highest BCUT2D eigenvalue weighted by atomic mass is 15.1. The standard InChI is InChI=1S/C26H35N/c1-25(2,3)23-11-7-20(8-12-23)17-22-15-16-27(19-22)18-21-9-13-24(14-10-21)26(4,5)6/h7-14,17H,15-16,18-19H2,1-6H3/b22-17+. The van der Waals surface area contributed by atoms with Crippen LogP contribution in [0.4, 0.5) is 0 Å². The Balaban J connectivity index is 1.60. The lowest BCUT2D eigenvalue weighted by molar-refractivity contribution is 0.337. The first-order chi connectivity index (χ1) is 12.6. The first kappa shape index (κ1) is 19.9. The quantitative estimate of drug-likeness (QED) is 0.597. The smallest absolute Gasteiger partial charge is 0.0237 e. The molecule has 0 spiro atoms. The molecule has 1 aliphatic rings. The van der Waals surface area contributed by atoms with Crippen LogP contribution in [0.5, 0.6) is 0 Å². The second-order valence-electron chi connectivity index (χ2n) is 10.1. The highest BCUT2D eigenvalue weighted by Gasteiger charge is 2.18. The van der Waals surface area contributed by atoms with E-state index in [9.17, 15) is 0 Å². The molecule has 0 N–H and O–H groups in total. The van der Waals surface area contributed by atoms with Crippen molar-refractivity contribution < 1.29 is 0 Å². The van der Waals surface area contributed by atoms with Gasteiger partial charge in [0.1, 0.15) is 0 Å². The van der Waals surface area contributed by atoms with Gasteiger partial charge in [-0.05, 0) is 39.5 Å². The van der Waals surface area contributed by atoms with Gasteiger partial charge in [0.2, 0.25) is 0 Å². The van der Waals surface area contributed by atoms with E-state index in [4.69, 9.17) is 0 Å². The number of nitrogens with zero attached hydrogens (tertiary/aromatic N) is 1. The molecule has 0 bridgehead atoms. The molecule has 2 aromatic carbocycles. The molecule has 1 saturated heterocycles. The summed E-state index contributed by atoms with van der Waals surface area (Å²) in [6, 6.07) is 18.3. The minimum Gasteiger partial charge on any atom is -0.295 e. The molecule has 1 nitrogen and oxygen atoms in total. The average molecular weight is 362 g/mol. The van der Waals surface area contributed by atoms with Gasteiger partial charge >= 0.3 is 0 Å². The zero-order valence-electron chi connectivity index (χ0n) is 18.0. The Morgan fingerprint density at radius 3 is 1.81 bits per heavy atom. The normalized spacial score (nSPS) is 17.6. The van der Waals surface area contributed by atoms with Gasteiger partial charge in [0.15, 0.2) is 0 Å². The summed E-state index contributed by atoms with van der Waals surface area (Å²) < 4.78 is 0. The molecule has 1 heterocycles. The molecule has 0 aliphatic carbocycles. The summed E-state index contributed by atoms with van der Waals surface area (Å²) >= 11 is 0. The molecule has 0 saturated carbocycles. The lowest BCUT2D eigenvalue weighted by Gasteiger charge is -2.20. The Kier molecular flexibility index (Phi) is 5.63. The fraction of sp³-hybridized carbons (Fsp3) is 0.462. The fourth-order valence-electron chi connectivity index (χ4n) is 3.68. The van der Waals surface area contributed by atoms with Crippen LogP contribution in [0.1, 0.15) is 70.2 Å². The maximum atomic E-state index is 2.56. The number of likely N-dealkylation sites (tertiary alicyclic amines) is 1. The van der Waals surface area contributed by atoms with Crippen LogP contribution in [-0.4, -0.2) is 18.0 Å². The third-order valence-corrected chi connectivity index (χ3v) is 5.55. The third kappa shape index (κ3) is 5.32. The van der Waals surface area contributed by atoms with E-state index < -0.39 is 0 Å². The second kappa shape index (κ2) is 7.64. The van der Waals surface area contributed by atoms with Crippen molar-refractivity contribution in [1.29, 1.82) is 0 Å². The minimum absolute atomic E-state index is 0.221. The van der Waals surface area contributed by atoms with E-state index in [1.807, 2.05) is 0 Å². The van der Waals surface area contributed by atoms with E-state index in [0.717, 1.165) is 19.6 Å². The molecular formula is C26H35N. The summed E-state index contributed by atoms with van der Waals surface area (Å²) in [4.78, 5) is 2.56. The lowest BCUT2D eigenvalue weighted by Crippen LogP contribution is -2.19. The monoisotopic (exact) mass is 361 g/mol. The van der Waals surface area contributed by atoms with Crippen molar-refractivity contribution in [1.82, 2.24) is 4.90 Å². The van der Waals surface area contributed by atoms with Gasteiger partial charge in [-0.2, -0.15) is 0 Å². The SMILES string of the molecule is CC(C)(C)c1ccc(/C=C2\CCN(Cc3ccc(C(C)(C)C)cc3)C2)cc1. The van der Waals surface area contributed by atoms with Gasteiger partial charge in [-0.3, -0.25) is 4.90 Å². The molecule has 144 valence electrons. The van der Waals surface area contributed by atoms with Gasteiger partial charge in [0.25, 0.3) is 0 Å². The molecule has 0 amide bonds. The van der Waals surface area contributed by atoms with E-state index in [0.29, 0.717) is 0 Å². The van der Waals surface area contributed by atoms with Crippen molar-refractivity contribution in [3.05, 3.63) is 76.4 Å². The van der Waals surface area contributed by atoms with E-state index in [1.165, 1.54) is 28.7 Å². The fourth-order valence-corrected chi connectivity index (χ4v) is 3.68. The van der Waals surface area contributed by atoms with Gasteiger partial charge in [-0.25, -0.2) is 0 Å². The topological polar surface area (TPSA) is 3.24 Å². The van der Waals surface area contributed by atoms with Gasteiger partial charge < -0.3 is 0 Å². The number of hydrogen-bond acceptors (Lipinski definition) is 1. The van der Waals surface area contributed by atoms with E-state index in [2.05, 4.69) is 101 Å². The van der Waals surface area contributed by atoms with Crippen molar-refractivity contribution in [2.75, 3.05) is 13.1 Å². The summed E-state index contributed by atoms with van der Waals surface area (Å²) in [5, 5.41) is 0. The molecule has 1 heteroatoms. The van der Waals surface area contributed by atoms with Crippen LogP contribution < -0.4 is 0 Å². The molecule has 0 unspecified atom stereocenters. The van der Waals surface area contributed by atoms with Crippen LogP contribution in [0.25, 0.3) is 6.08 Å². The van der Waals surface area contributed by atoms with Gasteiger partial charge in [-0.15, -0.1) is 0 Å². The van der Waals surface area contributed by atoms with E-state index in [1.54, 1.807) is 5.57 Å². The van der Waals surface area contributed by atoms with Crippen LogP contribution in [0, 0.1) is 0 Å². The molecule has 0 atom stereocenters. The number of hydrogen-bond donors (Lipinski definition) is 0. The largest absolute Gasteiger partial charge is 0.295 e. The maximum Gasteiger partial charge on any atom is 0.0237 e. The Morgan fingerprint density at radius 2 is 1.30 bits per heavy atom. The summed E-state index contributed by atoms with van der Waals surface area (Å²) in [6.07, 6.45) is 3.57. The Hall–Kier alpha value is -1.86. The summed E-state index contributed by atoms with van der Waals surface area (Å²) in [7, 11) is 0. The molecule has 27 heavy (non-hydrogen) atoms. The predicted octanol–water partition coefficient (Wildman–Crippen LogP) is 6.57. The molecule has 2 aromatic rings. The summed E-state index contributed by atoms with van der Waals surface area (Å²) in [6.45, 7) is 16.9. The highest BCUT2D eigenvalue weighted by Crippen LogP contribution is 2.26. The third-order valence-electron chi connectivity index (χ3n) is 5.55. The van der Waals surface area contributed by atoms with E-state index in [-0.39, 0.29) is 10.8 Å². The van der Waals surface area contributed by atoms with Gasteiger partial charge in [-0.1, -0.05) is 102 Å². The molecule has 3 rings (SSSR count). The molecule has 1 fully saturated rings. The molecule has 1 aliphatic heterocycles. The number of benzene rings is 2. The van der Waals surface area contributed by atoms with Crippen LogP contribution in [-0.2, 0) is 17.4 Å². The minimum atomic E-state index is 0.221. The van der Waals surface area contributed by atoms with Gasteiger partial charge in [0.05, 0.1) is 0 Å². The van der Waals surface area contributed by atoms with Gasteiger partial charge in [0, 0.05) is 19.6 Å². The van der Waals surface area contributed by atoms with E-state index >= 15 is 0 Å². The van der Waals surface area contributed by atoms with Crippen LogP contribution >= 0.6 is 0 Å². The second-order valence-corrected chi connectivity index (χ2v) is 10.1. The Morgan fingerprint density at radius 1 is 0.778 bits per heavy atom.